The maximum Gasteiger partial charge on any atom is 0.194 e. The maximum absolute atomic E-state index is 12.7. The molecule has 0 radical (unpaired) electrons. The predicted octanol–water partition coefficient (Wildman–Crippen LogP) is 4.45. The van der Waals surface area contributed by atoms with Crippen LogP contribution in [0.1, 0.15) is 22.8 Å². The zero-order valence-electron chi connectivity index (χ0n) is 11.7. The highest BCUT2D eigenvalue weighted by atomic mass is 16.5. The number of rotatable bonds is 2. The molecule has 102 valence electrons. The molecule has 3 aromatic carbocycles. The first-order valence-electron chi connectivity index (χ1n) is 7.13. The van der Waals surface area contributed by atoms with E-state index in [1.807, 2.05) is 61.5 Å². The molecule has 4 rings (SSSR count). The lowest BCUT2D eigenvalue weighted by atomic mass is 9.83. The molecule has 0 heterocycles. The van der Waals surface area contributed by atoms with Gasteiger partial charge in [-0.15, -0.1) is 0 Å². The molecule has 0 atom stereocenters. The molecule has 1 aliphatic rings. The zero-order valence-corrected chi connectivity index (χ0v) is 11.7. The molecule has 0 unspecified atom stereocenters. The van der Waals surface area contributed by atoms with Crippen molar-refractivity contribution in [3.8, 4) is 16.9 Å². The molecule has 2 heteroatoms. The van der Waals surface area contributed by atoms with Crippen LogP contribution in [-0.2, 0) is 0 Å². The highest BCUT2D eigenvalue weighted by molar-refractivity contribution is 6.26. The maximum atomic E-state index is 12.7. The Hall–Kier alpha value is -2.61. The minimum atomic E-state index is 0.104. The summed E-state index contributed by atoms with van der Waals surface area (Å²) >= 11 is 0. The van der Waals surface area contributed by atoms with Crippen molar-refractivity contribution >= 4 is 16.6 Å². The lowest BCUT2D eigenvalue weighted by Crippen LogP contribution is -2.09. The molecule has 3 aromatic rings. The molecule has 0 spiro atoms. The van der Waals surface area contributed by atoms with Gasteiger partial charge in [0.05, 0.1) is 6.61 Å². The Morgan fingerprint density at radius 1 is 0.857 bits per heavy atom. The molecule has 0 bridgehead atoms. The third-order valence-electron chi connectivity index (χ3n) is 3.97. The minimum Gasteiger partial charge on any atom is -0.494 e. The molecule has 0 aliphatic heterocycles. The predicted molar refractivity (Wildman–Crippen MR) is 84.0 cm³/mol. The highest BCUT2D eigenvalue weighted by Gasteiger charge is 2.25. The molecule has 1 aliphatic carbocycles. The standard InChI is InChI=1S/C19H14O2/c1-2-21-13-10-12-6-5-9-16-18(12)17(11-13)14-7-3-4-8-15(14)19(16)20/h3-11H,2H2,1H3. The average Bonchev–Trinajstić information content (AvgIpc) is 2.52. The van der Waals surface area contributed by atoms with Gasteiger partial charge in [0, 0.05) is 16.5 Å². The van der Waals surface area contributed by atoms with Crippen molar-refractivity contribution in [1.29, 1.82) is 0 Å². The largest absolute Gasteiger partial charge is 0.494 e. The van der Waals surface area contributed by atoms with E-state index in [0.29, 0.717) is 6.61 Å². The summed E-state index contributed by atoms with van der Waals surface area (Å²) in [6.45, 7) is 2.61. The van der Waals surface area contributed by atoms with Crippen LogP contribution in [0.15, 0.2) is 54.6 Å². The van der Waals surface area contributed by atoms with E-state index < -0.39 is 0 Å². The number of carbonyl (C=O) groups excluding carboxylic acids is 1. The summed E-state index contributed by atoms with van der Waals surface area (Å²) in [5.74, 6) is 0.953. The Bertz CT molecular complexity index is 878. The lowest BCUT2D eigenvalue weighted by molar-refractivity contribution is 0.104. The van der Waals surface area contributed by atoms with Gasteiger partial charge in [-0.1, -0.05) is 42.5 Å². The molecule has 0 N–H and O–H groups in total. The van der Waals surface area contributed by atoms with Crippen LogP contribution in [0, 0.1) is 0 Å². The van der Waals surface area contributed by atoms with Crippen LogP contribution in [-0.4, -0.2) is 12.4 Å². The fraction of sp³-hybridized carbons (Fsp3) is 0.105. The summed E-state index contributed by atoms with van der Waals surface area (Å²) in [5.41, 5.74) is 3.63. The van der Waals surface area contributed by atoms with Gasteiger partial charge < -0.3 is 4.74 Å². The quantitative estimate of drug-likeness (QED) is 0.540. The van der Waals surface area contributed by atoms with Crippen molar-refractivity contribution in [2.75, 3.05) is 6.61 Å². The second kappa shape index (κ2) is 4.45. The second-order valence-electron chi connectivity index (χ2n) is 5.18. The molecule has 2 nitrogen and oxygen atoms in total. The Kier molecular flexibility index (Phi) is 2.58. The molecule has 0 fully saturated rings. The molecule has 0 saturated heterocycles. The van der Waals surface area contributed by atoms with Crippen molar-refractivity contribution < 1.29 is 9.53 Å². The molecular formula is C19H14O2. The Labute approximate surface area is 123 Å². The smallest absolute Gasteiger partial charge is 0.194 e. The van der Waals surface area contributed by atoms with Crippen LogP contribution in [0.4, 0.5) is 0 Å². The first kappa shape index (κ1) is 12.2. The van der Waals surface area contributed by atoms with E-state index >= 15 is 0 Å². The van der Waals surface area contributed by atoms with E-state index in [2.05, 4.69) is 0 Å². The lowest BCUT2D eigenvalue weighted by Gasteiger charge is -2.20. The van der Waals surface area contributed by atoms with E-state index in [0.717, 1.165) is 38.8 Å². The van der Waals surface area contributed by atoms with Crippen LogP contribution in [0.5, 0.6) is 5.75 Å². The summed E-state index contributed by atoms with van der Waals surface area (Å²) in [5, 5.41) is 2.08. The van der Waals surface area contributed by atoms with Crippen LogP contribution < -0.4 is 4.74 Å². The van der Waals surface area contributed by atoms with Gasteiger partial charge in [-0.25, -0.2) is 0 Å². The molecule has 0 amide bonds. The van der Waals surface area contributed by atoms with Gasteiger partial charge in [-0.3, -0.25) is 4.79 Å². The second-order valence-corrected chi connectivity index (χ2v) is 5.18. The zero-order chi connectivity index (χ0) is 14.4. The van der Waals surface area contributed by atoms with Crippen LogP contribution in [0.3, 0.4) is 0 Å². The average molecular weight is 274 g/mol. The molecule has 21 heavy (non-hydrogen) atoms. The topological polar surface area (TPSA) is 26.3 Å². The highest BCUT2D eigenvalue weighted by Crippen LogP contribution is 2.41. The number of ether oxygens (including phenoxy) is 1. The first-order chi connectivity index (χ1) is 10.3. The number of hydrogen-bond acceptors (Lipinski definition) is 2. The minimum absolute atomic E-state index is 0.104. The number of carbonyl (C=O) groups is 1. The van der Waals surface area contributed by atoms with Gasteiger partial charge in [0.25, 0.3) is 0 Å². The number of benzene rings is 3. The van der Waals surface area contributed by atoms with Crippen LogP contribution in [0.25, 0.3) is 21.9 Å². The van der Waals surface area contributed by atoms with E-state index in [4.69, 9.17) is 4.74 Å². The summed E-state index contributed by atoms with van der Waals surface area (Å²) in [6.07, 6.45) is 0. The van der Waals surface area contributed by atoms with Crippen molar-refractivity contribution in [1.82, 2.24) is 0 Å². The van der Waals surface area contributed by atoms with E-state index in [-0.39, 0.29) is 5.78 Å². The van der Waals surface area contributed by atoms with Gasteiger partial charge in [0.1, 0.15) is 5.75 Å². The summed E-state index contributed by atoms with van der Waals surface area (Å²) < 4.78 is 5.68. The fourth-order valence-electron chi connectivity index (χ4n) is 3.11. The van der Waals surface area contributed by atoms with Crippen molar-refractivity contribution in [2.45, 2.75) is 6.92 Å². The number of ketones is 1. The van der Waals surface area contributed by atoms with Crippen LogP contribution in [0.2, 0.25) is 0 Å². The summed E-state index contributed by atoms with van der Waals surface area (Å²) in [6, 6.07) is 17.7. The van der Waals surface area contributed by atoms with Gasteiger partial charge in [0.2, 0.25) is 0 Å². The summed E-state index contributed by atoms with van der Waals surface area (Å²) in [7, 11) is 0. The SMILES string of the molecule is CCOc1cc2c3c(cccc3c1)C(=O)c1ccccc1-2. The van der Waals surface area contributed by atoms with E-state index in [1.165, 1.54) is 0 Å². The van der Waals surface area contributed by atoms with Gasteiger partial charge in [-0.05, 0) is 35.6 Å². The van der Waals surface area contributed by atoms with Crippen molar-refractivity contribution in [3.05, 3.63) is 65.7 Å². The van der Waals surface area contributed by atoms with Gasteiger partial charge >= 0.3 is 0 Å². The van der Waals surface area contributed by atoms with Crippen molar-refractivity contribution in [2.24, 2.45) is 0 Å². The Balaban J connectivity index is 2.15. The van der Waals surface area contributed by atoms with Gasteiger partial charge in [0.15, 0.2) is 5.78 Å². The fourth-order valence-corrected chi connectivity index (χ4v) is 3.11. The molecule has 0 aromatic heterocycles. The monoisotopic (exact) mass is 274 g/mol. The number of fused-ring (bicyclic) bond motifs is 2. The first-order valence-corrected chi connectivity index (χ1v) is 7.13. The molecule has 0 saturated carbocycles. The summed E-state index contributed by atoms with van der Waals surface area (Å²) in [4.78, 5) is 12.7. The normalized spacial score (nSPS) is 12.3. The van der Waals surface area contributed by atoms with Crippen molar-refractivity contribution in [3.63, 3.8) is 0 Å². The molecular weight excluding hydrogens is 260 g/mol. The van der Waals surface area contributed by atoms with Crippen LogP contribution >= 0.6 is 0 Å². The van der Waals surface area contributed by atoms with E-state index in [9.17, 15) is 4.79 Å². The Morgan fingerprint density at radius 2 is 1.62 bits per heavy atom. The van der Waals surface area contributed by atoms with E-state index in [1.54, 1.807) is 0 Å². The van der Waals surface area contributed by atoms with Gasteiger partial charge in [-0.2, -0.15) is 0 Å². The number of hydrogen-bond donors (Lipinski definition) is 0. The third-order valence-corrected chi connectivity index (χ3v) is 3.97. The third kappa shape index (κ3) is 1.69. The Morgan fingerprint density at radius 3 is 2.43 bits per heavy atom.